The number of benzene rings is 1. The van der Waals surface area contributed by atoms with Crippen molar-refractivity contribution in [3.8, 4) is 11.5 Å². The summed E-state index contributed by atoms with van der Waals surface area (Å²) in [5.74, 6) is -1.49. The van der Waals surface area contributed by atoms with Gasteiger partial charge in [0.25, 0.3) is 5.91 Å². The third-order valence-corrected chi connectivity index (χ3v) is 5.07. The predicted octanol–water partition coefficient (Wildman–Crippen LogP) is 0.405. The molecule has 7 heteroatoms. The van der Waals surface area contributed by atoms with Crippen LogP contribution in [0.3, 0.4) is 0 Å². The summed E-state index contributed by atoms with van der Waals surface area (Å²) < 4.78 is 22.9. The maximum Gasteiger partial charge on any atom is 0.259 e. The van der Waals surface area contributed by atoms with Crippen molar-refractivity contribution < 1.29 is 23.4 Å². The molecule has 2 rings (SSSR count). The van der Waals surface area contributed by atoms with Crippen LogP contribution in [0.15, 0.2) is 18.2 Å². The van der Waals surface area contributed by atoms with Crippen molar-refractivity contribution in [2.45, 2.75) is 18.9 Å². The molecule has 1 fully saturated rings. The predicted molar refractivity (Wildman–Crippen MR) is 68.9 cm³/mol. The number of phenols is 2. The average molecular weight is 285 g/mol. The summed E-state index contributed by atoms with van der Waals surface area (Å²) in [7, 11) is -3.14. The molecular weight excluding hydrogens is 270 g/mol. The van der Waals surface area contributed by atoms with Gasteiger partial charge in [-0.2, -0.15) is 0 Å². The van der Waals surface area contributed by atoms with Crippen molar-refractivity contribution in [2.24, 2.45) is 0 Å². The lowest BCUT2D eigenvalue weighted by atomic mass is 10.0. The van der Waals surface area contributed by atoms with Gasteiger partial charge in [0.05, 0.1) is 17.0 Å². The first-order valence-corrected chi connectivity index (χ1v) is 7.58. The Bertz CT molecular complexity index is 605. The molecule has 0 radical (unpaired) electrons. The van der Waals surface area contributed by atoms with Gasteiger partial charge in [-0.3, -0.25) is 4.79 Å². The van der Waals surface area contributed by atoms with E-state index in [-0.39, 0.29) is 28.6 Å². The second-order valence-corrected chi connectivity index (χ2v) is 7.21. The van der Waals surface area contributed by atoms with Gasteiger partial charge in [0, 0.05) is 0 Å². The normalized spacial score (nSPS) is 25.1. The number of carbonyl (C=O) groups is 1. The minimum absolute atomic E-state index is 0.0243. The Morgan fingerprint density at radius 1 is 1.32 bits per heavy atom. The highest BCUT2D eigenvalue weighted by molar-refractivity contribution is 7.91. The monoisotopic (exact) mass is 285 g/mol. The summed E-state index contributed by atoms with van der Waals surface area (Å²) in [6.07, 6.45) is 0.315. The standard InChI is InChI=1S/C12H15NO5S/c1-12(5-6-19(17,18)7-12)13-11(16)10-8(14)3-2-4-9(10)15/h2-4,14-15H,5-7H2,1H3,(H,13,16). The van der Waals surface area contributed by atoms with Crippen LogP contribution in [0.1, 0.15) is 23.7 Å². The molecular formula is C12H15NO5S. The molecule has 6 nitrogen and oxygen atoms in total. The number of sulfone groups is 1. The van der Waals surface area contributed by atoms with Gasteiger partial charge < -0.3 is 15.5 Å². The van der Waals surface area contributed by atoms with Gasteiger partial charge in [0.15, 0.2) is 9.84 Å². The van der Waals surface area contributed by atoms with Gasteiger partial charge >= 0.3 is 0 Å². The molecule has 1 aromatic carbocycles. The second-order valence-electron chi connectivity index (χ2n) is 5.03. The fraction of sp³-hybridized carbons (Fsp3) is 0.417. The van der Waals surface area contributed by atoms with E-state index in [4.69, 9.17) is 0 Å². The van der Waals surface area contributed by atoms with Crippen LogP contribution in [0.5, 0.6) is 11.5 Å². The molecule has 1 aromatic rings. The first-order chi connectivity index (χ1) is 8.72. The van der Waals surface area contributed by atoms with E-state index in [1.165, 1.54) is 18.2 Å². The zero-order valence-corrected chi connectivity index (χ0v) is 11.2. The highest BCUT2D eigenvalue weighted by Crippen LogP contribution is 2.28. The Kier molecular flexibility index (Phi) is 3.17. The molecule has 0 saturated carbocycles. The van der Waals surface area contributed by atoms with Crippen molar-refractivity contribution in [2.75, 3.05) is 11.5 Å². The van der Waals surface area contributed by atoms with E-state index in [0.29, 0.717) is 6.42 Å². The van der Waals surface area contributed by atoms with Gasteiger partial charge in [-0.05, 0) is 25.5 Å². The van der Waals surface area contributed by atoms with E-state index < -0.39 is 21.3 Å². The molecule has 1 unspecified atom stereocenters. The lowest BCUT2D eigenvalue weighted by Gasteiger charge is -2.24. The van der Waals surface area contributed by atoms with E-state index in [1.54, 1.807) is 6.92 Å². The van der Waals surface area contributed by atoms with Crippen LogP contribution >= 0.6 is 0 Å². The molecule has 104 valence electrons. The molecule has 1 heterocycles. The number of amides is 1. The topological polar surface area (TPSA) is 104 Å². The van der Waals surface area contributed by atoms with E-state index in [2.05, 4.69) is 5.32 Å². The Balaban J connectivity index is 2.23. The fourth-order valence-electron chi connectivity index (χ4n) is 2.21. The van der Waals surface area contributed by atoms with Crippen molar-refractivity contribution in [3.63, 3.8) is 0 Å². The molecule has 0 aromatic heterocycles. The molecule has 0 aliphatic carbocycles. The largest absolute Gasteiger partial charge is 0.507 e. The van der Waals surface area contributed by atoms with Crippen LogP contribution in [0.25, 0.3) is 0 Å². The molecule has 0 spiro atoms. The SMILES string of the molecule is CC1(NC(=O)c2c(O)cccc2O)CCS(=O)(=O)C1. The van der Waals surface area contributed by atoms with Gasteiger partial charge in [-0.25, -0.2) is 8.42 Å². The highest BCUT2D eigenvalue weighted by atomic mass is 32.2. The Labute approximate surface area is 111 Å². The van der Waals surface area contributed by atoms with Gasteiger partial charge in [0.1, 0.15) is 17.1 Å². The number of hydrogen-bond donors (Lipinski definition) is 3. The second kappa shape index (κ2) is 4.41. The average Bonchev–Trinajstić information content (AvgIpc) is 2.52. The summed E-state index contributed by atoms with van der Waals surface area (Å²) in [5, 5.41) is 21.7. The van der Waals surface area contributed by atoms with Gasteiger partial charge in [-0.1, -0.05) is 6.07 Å². The zero-order chi connectivity index (χ0) is 14.3. The maximum atomic E-state index is 12.0. The molecule has 1 saturated heterocycles. The molecule has 3 N–H and O–H groups in total. The van der Waals surface area contributed by atoms with E-state index in [1.807, 2.05) is 0 Å². The summed E-state index contributed by atoms with van der Waals surface area (Å²) in [6, 6.07) is 3.97. The lowest BCUT2D eigenvalue weighted by molar-refractivity contribution is 0.0910. The van der Waals surface area contributed by atoms with Crippen molar-refractivity contribution in [1.29, 1.82) is 0 Å². The van der Waals surface area contributed by atoms with Gasteiger partial charge in [0.2, 0.25) is 0 Å². The van der Waals surface area contributed by atoms with Crippen molar-refractivity contribution >= 4 is 15.7 Å². The summed E-state index contributed by atoms with van der Waals surface area (Å²) in [6.45, 7) is 1.63. The van der Waals surface area contributed by atoms with Crippen LogP contribution < -0.4 is 5.32 Å². The number of hydrogen-bond acceptors (Lipinski definition) is 5. The van der Waals surface area contributed by atoms with Crippen LogP contribution in [0.2, 0.25) is 0 Å². The smallest absolute Gasteiger partial charge is 0.259 e. The minimum Gasteiger partial charge on any atom is -0.507 e. The summed E-state index contributed by atoms with van der Waals surface area (Å²) in [5.41, 5.74) is -1.11. The Morgan fingerprint density at radius 2 is 1.89 bits per heavy atom. The summed E-state index contributed by atoms with van der Waals surface area (Å²) >= 11 is 0. The van der Waals surface area contributed by atoms with Crippen LogP contribution in [0, 0.1) is 0 Å². The molecule has 0 bridgehead atoms. The molecule has 1 aliphatic heterocycles. The van der Waals surface area contributed by atoms with Crippen LogP contribution in [0.4, 0.5) is 0 Å². The van der Waals surface area contributed by atoms with E-state index in [0.717, 1.165) is 0 Å². The molecule has 1 amide bonds. The maximum absolute atomic E-state index is 12.0. The van der Waals surface area contributed by atoms with Crippen LogP contribution in [-0.4, -0.2) is 41.6 Å². The summed E-state index contributed by atoms with van der Waals surface area (Å²) in [4.78, 5) is 12.0. The number of carbonyl (C=O) groups excluding carboxylic acids is 1. The van der Waals surface area contributed by atoms with Crippen LogP contribution in [-0.2, 0) is 9.84 Å². The molecule has 1 atom stereocenters. The molecule has 1 aliphatic rings. The van der Waals surface area contributed by atoms with E-state index >= 15 is 0 Å². The zero-order valence-electron chi connectivity index (χ0n) is 10.4. The van der Waals surface area contributed by atoms with Crippen molar-refractivity contribution in [3.05, 3.63) is 23.8 Å². The third kappa shape index (κ3) is 2.81. The third-order valence-electron chi connectivity index (χ3n) is 3.17. The highest BCUT2D eigenvalue weighted by Gasteiger charge is 2.40. The lowest BCUT2D eigenvalue weighted by Crippen LogP contribution is -2.46. The fourth-order valence-corrected chi connectivity index (χ4v) is 4.30. The van der Waals surface area contributed by atoms with Crippen molar-refractivity contribution in [1.82, 2.24) is 5.32 Å². The number of nitrogens with one attached hydrogen (secondary N) is 1. The Hall–Kier alpha value is -1.76. The number of phenolic OH excluding ortho intramolecular Hbond substituents is 2. The Morgan fingerprint density at radius 3 is 2.37 bits per heavy atom. The van der Waals surface area contributed by atoms with Gasteiger partial charge in [-0.15, -0.1) is 0 Å². The first kappa shape index (κ1) is 13.7. The molecule has 19 heavy (non-hydrogen) atoms. The number of aromatic hydroxyl groups is 2. The first-order valence-electron chi connectivity index (χ1n) is 5.76. The quantitative estimate of drug-likeness (QED) is 0.730. The van der Waals surface area contributed by atoms with E-state index in [9.17, 15) is 23.4 Å². The minimum atomic E-state index is -3.14. The number of rotatable bonds is 2.